The van der Waals surface area contributed by atoms with Crippen molar-refractivity contribution in [1.29, 1.82) is 0 Å². The van der Waals surface area contributed by atoms with Crippen LogP contribution in [-0.2, 0) is 10.2 Å². The SMILES string of the molecule is Cc1ccc(C(C)NS(N)(=O)=O)cc1. The summed E-state index contributed by atoms with van der Waals surface area (Å²) in [6, 6.07) is 7.30. The zero-order chi connectivity index (χ0) is 10.8. The van der Waals surface area contributed by atoms with E-state index in [4.69, 9.17) is 5.14 Å². The van der Waals surface area contributed by atoms with Crippen LogP contribution in [0.25, 0.3) is 0 Å². The van der Waals surface area contributed by atoms with Gasteiger partial charge in [-0.15, -0.1) is 0 Å². The molecule has 14 heavy (non-hydrogen) atoms. The van der Waals surface area contributed by atoms with Crippen molar-refractivity contribution in [2.75, 3.05) is 0 Å². The molecule has 78 valence electrons. The van der Waals surface area contributed by atoms with Crippen LogP contribution >= 0.6 is 0 Å². The van der Waals surface area contributed by atoms with Gasteiger partial charge in [0.15, 0.2) is 0 Å². The molecule has 5 heteroatoms. The highest BCUT2D eigenvalue weighted by Gasteiger charge is 2.10. The predicted octanol–water partition coefficient (Wildman–Crippen LogP) is 0.849. The van der Waals surface area contributed by atoms with Gasteiger partial charge in [0, 0.05) is 6.04 Å². The number of hydrogen-bond donors (Lipinski definition) is 2. The first kappa shape index (κ1) is 11.2. The van der Waals surface area contributed by atoms with Crippen molar-refractivity contribution in [2.45, 2.75) is 19.9 Å². The van der Waals surface area contributed by atoms with E-state index < -0.39 is 10.2 Å². The Labute approximate surface area is 84.3 Å². The van der Waals surface area contributed by atoms with Crippen molar-refractivity contribution < 1.29 is 8.42 Å². The van der Waals surface area contributed by atoms with E-state index >= 15 is 0 Å². The highest BCUT2D eigenvalue weighted by molar-refractivity contribution is 7.87. The van der Waals surface area contributed by atoms with Crippen LogP contribution < -0.4 is 9.86 Å². The molecule has 0 aliphatic heterocycles. The van der Waals surface area contributed by atoms with Gasteiger partial charge in [-0.05, 0) is 19.4 Å². The molecule has 0 spiro atoms. The lowest BCUT2D eigenvalue weighted by Crippen LogP contribution is -2.32. The minimum Gasteiger partial charge on any atom is -0.216 e. The molecule has 0 bridgehead atoms. The summed E-state index contributed by atoms with van der Waals surface area (Å²) in [4.78, 5) is 0. The number of benzene rings is 1. The third kappa shape index (κ3) is 3.45. The minimum atomic E-state index is -3.63. The van der Waals surface area contributed by atoms with Crippen LogP contribution in [0.4, 0.5) is 0 Å². The van der Waals surface area contributed by atoms with Gasteiger partial charge in [-0.2, -0.15) is 13.1 Å². The lowest BCUT2D eigenvalue weighted by molar-refractivity contribution is 0.568. The first-order chi connectivity index (χ1) is 6.38. The number of nitrogens with one attached hydrogen (secondary N) is 1. The standard InChI is InChI=1S/C9H14N2O2S/c1-7-3-5-9(6-4-7)8(2)11-14(10,12)13/h3-6,8,11H,1-2H3,(H2,10,12,13). The molecule has 0 radical (unpaired) electrons. The fourth-order valence-corrected chi connectivity index (χ4v) is 1.80. The molecule has 1 atom stereocenters. The monoisotopic (exact) mass is 214 g/mol. The van der Waals surface area contributed by atoms with E-state index in [1.54, 1.807) is 6.92 Å². The second-order valence-electron chi connectivity index (χ2n) is 3.30. The third-order valence-electron chi connectivity index (χ3n) is 1.92. The average molecular weight is 214 g/mol. The number of hydrogen-bond acceptors (Lipinski definition) is 2. The van der Waals surface area contributed by atoms with Gasteiger partial charge in [0.1, 0.15) is 0 Å². The van der Waals surface area contributed by atoms with Crippen molar-refractivity contribution in [1.82, 2.24) is 4.72 Å². The van der Waals surface area contributed by atoms with Crippen LogP contribution in [-0.4, -0.2) is 8.42 Å². The molecular formula is C9H14N2O2S. The van der Waals surface area contributed by atoms with Crippen LogP contribution in [0, 0.1) is 6.92 Å². The summed E-state index contributed by atoms with van der Waals surface area (Å²) in [5.74, 6) is 0. The summed E-state index contributed by atoms with van der Waals surface area (Å²) in [5, 5.41) is 4.86. The Morgan fingerprint density at radius 1 is 1.29 bits per heavy atom. The fraction of sp³-hybridized carbons (Fsp3) is 0.333. The van der Waals surface area contributed by atoms with Crippen LogP contribution in [0.3, 0.4) is 0 Å². The maximum atomic E-state index is 10.7. The Morgan fingerprint density at radius 2 is 1.79 bits per heavy atom. The van der Waals surface area contributed by atoms with Gasteiger partial charge >= 0.3 is 0 Å². The molecule has 0 fully saturated rings. The molecule has 1 aromatic carbocycles. The van der Waals surface area contributed by atoms with E-state index in [1.165, 1.54) is 0 Å². The molecule has 0 aromatic heterocycles. The van der Waals surface area contributed by atoms with Crippen molar-refractivity contribution in [2.24, 2.45) is 5.14 Å². The Hall–Kier alpha value is -0.910. The van der Waals surface area contributed by atoms with E-state index in [9.17, 15) is 8.42 Å². The van der Waals surface area contributed by atoms with Crippen LogP contribution in [0.1, 0.15) is 24.1 Å². The molecule has 3 N–H and O–H groups in total. The summed E-state index contributed by atoms with van der Waals surface area (Å²) in [5.41, 5.74) is 2.03. The van der Waals surface area contributed by atoms with Crippen molar-refractivity contribution in [3.05, 3.63) is 35.4 Å². The van der Waals surface area contributed by atoms with Gasteiger partial charge in [0.2, 0.25) is 0 Å². The Kier molecular flexibility index (Phi) is 3.25. The lowest BCUT2D eigenvalue weighted by Gasteiger charge is -2.12. The van der Waals surface area contributed by atoms with Crippen LogP contribution in [0.2, 0.25) is 0 Å². The molecule has 1 aromatic rings. The van der Waals surface area contributed by atoms with Gasteiger partial charge in [-0.25, -0.2) is 5.14 Å². The van der Waals surface area contributed by atoms with E-state index in [0.717, 1.165) is 11.1 Å². The molecule has 0 aliphatic carbocycles. The summed E-state index contributed by atoms with van der Waals surface area (Å²) in [6.07, 6.45) is 0. The normalized spacial score (nSPS) is 13.9. The molecular weight excluding hydrogens is 200 g/mol. The summed E-state index contributed by atoms with van der Waals surface area (Å²) >= 11 is 0. The topological polar surface area (TPSA) is 72.2 Å². The summed E-state index contributed by atoms with van der Waals surface area (Å²) in [7, 11) is -3.63. The first-order valence-electron chi connectivity index (χ1n) is 4.25. The zero-order valence-corrected chi connectivity index (χ0v) is 9.01. The fourth-order valence-electron chi connectivity index (χ4n) is 1.17. The first-order valence-corrected chi connectivity index (χ1v) is 5.80. The van der Waals surface area contributed by atoms with Crippen molar-refractivity contribution in [3.63, 3.8) is 0 Å². The quantitative estimate of drug-likeness (QED) is 0.783. The molecule has 0 aliphatic rings. The maximum Gasteiger partial charge on any atom is 0.274 e. The van der Waals surface area contributed by atoms with Crippen LogP contribution in [0.15, 0.2) is 24.3 Å². The molecule has 0 amide bonds. The van der Waals surface area contributed by atoms with Gasteiger partial charge in [0.25, 0.3) is 10.2 Å². The van der Waals surface area contributed by atoms with Gasteiger partial charge in [0.05, 0.1) is 0 Å². The predicted molar refractivity (Wildman–Crippen MR) is 55.8 cm³/mol. The third-order valence-corrected chi connectivity index (χ3v) is 2.60. The highest BCUT2D eigenvalue weighted by atomic mass is 32.2. The van der Waals surface area contributed by atoms with E-state index in [1.807, 2.05) is 31.2 Å². The maximum absolute atomic E-state index is 10.7. The smallest absolute Gasteiger partial charge is 0.216 e. The molecule has 4 nitrogen and oxygen atoms in total. The van der Waals surface area contributed by atoms with Gasteiger partial charge in [-0.1, -0.05) is 29.8 Å². The highest BCUT2D eigenvalue weighted by Crippen LogP contribution is 2.13. The Bertz CT molecular complexity index is 397. The molecule has 0 heterocycles. The van der Waals surface area contributed by atoms with Crippen LogP contribution in [0.5, 0.6) is 0 Å². The molecule has 0 saturated carbocycles. The molecule has 1 rings (SSSR count). The summed E-state index contributed by atoms with van der Waals surface area (Å²) < 4.78 is 23.8. The van der Waals surface area contributed by atoms with E-state index in [0.29, 0.717) is 0 Å². The second-order valence-corrected chi connectivity index (χ2v) is 4.62. The molecule has 0 saturated heterocycles. The molecule has 1 unspecified atom stereocenters. The van der Waals surface area contributed by atoms with Gasteiger partial charge < -0.3 is 0 Å². The van der Waals surface area contributed by atoms with E-state index in [-0.39, 0.29) is 6.04 Å². The zero-order valence-electron chi connectivity index (χ0n) is 8.19. The number of nitrogens with two attached hydrogens (primary N) is 1. The van der Waals surface area contributed by atoms with Crippen molar-refractivity contribution >= 4 is 10.2 Å². The van der Waals surface area contributed by atoms with Crippen molar-refractivity contribution in [3.8, 4) is 0 Å². The largest absolute Gasteiger partial charge is 0.274 e. The Morgan fingerprint density at radius 3 is 2.21 bits per heavy atom. The number of rotatable bonds is 3. The lowest BCUT2D eigenvalue weighted by atomic mass is 10.1. The second kappa shape index (κ2) is 4.08. The minimum absolute atomic E-state index is 0.300. The average Bonchev–Trinajstić information content (AvgIpc) is 2.02. The summed E-state index contributed by atoms with van der Waals surface area (Å²) in [6.45, 7) is 3.72. The Balaban J connectivity index is 2.80. The van der Waals surface area contributed by atoms with E-state index in [2.05, 4.69) is 4.72 Å². The van der Waals surface area contributed by atoms with Gasteiger partial charge in [-0.3, -0.25) is 0 Å². The number of aryl methyl sites for hydroxylation is 1.